The second-order valence-electron chi connectivity index (χ2n) is 7.11. The molecule has 1 aromatic heterocycles. The Balaban J connectivity index is 1.55. The number of nitrogens with zero attached hydrogens (tertiary/aromatic N) is 3. The fourth-order valence-corrected chi connectivity index (χ4v) is 5.67. The Hall–Kier alpha value is -2.22. The third-order valence-electron chi connectivity index (χ3n) is 4.99. The van der Waals surface area contributed by atoms with Gasteiger partial charge in [-0.25, -0.2) is 13.4 Å². The third-order valence-corrected chi connectivity index (χ3v) is 7.79. The Morgan fingerprint density at radius 3 is 2.14 bits per heavy atom. The van der Waals surface area contributed by atoms with Gasteiger partial charge in [0.25, 0.3) is 0 Å². The number of hydrogen-bond donors (Lipinski definition) is 0. The predicted octanol–water partition coefficient (Wildman–Crippen LogP) is 4.33. The first-order valence-electron chi connectivity index (χ1n) is 9.29. The van der Waals surface area contributed by atoms with Crippen LogP contribution in [0.4, 0.5) is 5.69 Å². The third kappa shape index (κ3) is 3.70. The molecular weight excluding hydrogens is 390 g/mol. The Morgan fingerprint density at radius 1 is 0.929 bits per heavy atom. The van der Waals surface area contributed by atoms with Crippen LogP contribution in [0.15, 0.2) is 58.8 Å². The molecule has 4 rings (SSSR count). The molecule has 1 aliphatic heterocycles. The standard InChI is InChI=1S/C21H23N3O2S2/c1-23(2)18-9-5-17(6-10-18)21-22-20(15-27-21)16-7-11-19(12-8-16)28(25,26)24-13-3-4-14-24/h5-12,15H,3-4,13-14H2,1-2H3. The zero-order chi connectivity index (χ0) is 19.7. The Bertz CT molecular complexity index is 1050. The second kappa shape index (κ2) is 7.66. The van der Waals surface area contributed by atoms with Crippen molar-refractivity contribution in [2.45, 2.75) is 17.7 Å². The van der Waals surface area contributed by atoms with E-state index in [-0.39, 0.29) is 0 Å². The average Bonchev–Trinajstić information content (AvgIpc) is 3.41. The van der Waals surface area contributed by atoms with Crippen LogP contribution in [-0.4, -0.2) is 44.9 Å². The largest absolute Gasteiger partial charge is 0.378 e. The molecule has 146 valence electrons. The molecular formula is C21H23N3O2S2. The molecule has 0 bridgehead atoms. The van der Waals surface area contributed by atoms with Gasteiger partial charge in [-0.05, 0) is 49.2 Å². The molecule has 0 radical (unpaired) electrons. The Kier molecular flexibility index (Phi) is 5.23. The van der Waals surface area contributed by atoms with Gasteiger partial charge < -0.3 is 4.90 Å². The summed E-state index contributed by atoms with van der Waals surface area (Å²) in [5, 5.41) is 2.97. The molecule has 28 heavy (non-hydrogen) atoms. The fraction of sp³-hybridized carbons (Fsp3) is 0.286. The second-order valence-corrected chi connectivity index (χ2v) is 9.91. The summed E-state index contributed by atoms with van der Waals surface area (Å²) in [6, 6.07) is 15.4. The van der Waals surface area contributed by atoms with Crippen molar-refractivity contribution in [3.63, 3.8) is 0 Å². The summed E-state index contributed by atoms with van der Waals surface area (Å²) in [5.74, 6) is 0. The van der Waals surface area contributed by atoms with Crippen LogP contribution in [0.5, 0.6) is 0 Å². The zero-order valence-electron chi connectivity index (χ0n) is 16.0. The molecule has 0 atom stereocenters. The van der Waals surface area contributed by atoms with E-state index in [9.17, 15) is 8.42 Å². The van der Waals surface area contributed by atoms with Crippen molar-refractivity contribution in [3.8, 4) is 21.8 Å². The minimum atomic E-state index is -3.38. The molecule has 2 aromatic carbocycles. The van der Waals surface area contributed by atoms with Crippen molar-refractivity contribution in [3.05, 3.63) is 53.9 Å². The average molecular weight is 414 g/mol. The van der Waals surface area contributed by atoms with E-state index in [0.717, 1.165) is 40.4 Å². The van der Waals surface area contributed by atoms with E-state index in [0.29, 0.717) is 18.0 Å². The van der Waals surface area contributed by atoms with Crippen molar-refractivity contribution in [2.75, 3.05) is 32.1 Å². The maximum absolute atomic E-state index is 12.7. The first-order valence-corrected chi connectivity index (χ1v) is 11.6. The van der Waals surface area contributed by atoms with Crippen molar-refractivity contribution < 1.29 is 8.42 Å². The lowest BCUT2D eigenvalue weighted by Gasteiger charge is -2.15. The van der Waals surface area contributed by atoms with Crippen molar-refractivity contribution >= 4 is 27.0 Å². The molecule has 0 saturated carbocycles. The van der Waals surface area contributed by atoms with Gasteiger partial charge in [0.1, 0.15) is 5.01 Å². The normalized spacial score (nSPS) is 15.1. The van der Waals surface area contributed by atoms with Crippen molar-refractivity contribution in [2.24, 2.45) is 0 Å². The van der Waals surface area contributed by atoms with Gasteiger partial charge in [0.15, 0.2) is 0 Å². The molecule has 3 aromatic rings. The molecule has 1 fully saturated rings. The van der Waals surface area contributed by atoms with E-state index in [1.165, 1.54) is 0 Å². The topological polar surface area (TPSA) is 53.5 Å². The monoisotopic (exact) mass is 413 g/mol. The van der Waals surface area contributed by atoms with Crippen LogP contribution in [-0.2, 0) is 10.0 Å². The number of hydrogen-bond acceptors (Lipinski definition) is 5. The molecule has 0 spiro atoms. The van der Waals surface area contributed by atoms with E-state index >= 15 is 0 Å². The summed E-state index contributed by atoms with van der Waals surface area (Å²) >= 11 is 1.59. The molecule has 5 nitrogen and oxygen atoms in total. The molecule has 1 saturated heterocycles. The minimum absolute atomic E-state index is 0.355. The molecule has 0 amide bonds. The van der Waals surface area contributed by atoms with Gasteiger partial charge in [-0.1, -0.05) is 12.1 Å². The highest BCUT2D eigenvalue weighted by molar-refractivity contribution is 7.89. The summed E-state index contributed by atoms with van der Waals surface area (Å²) in [5.41, 5.74) is 4.01. The summed E-state index contributed by atoms with van der Waals surface area (Å²) < 4.78 is 26.9. The molecule has 0 N–H and O–H groups in total. The lowest BCUT2D eigenvalue weighted by molar-refractivity contribution is 0.477. The van der Waals surface area contributed by atoms with Crippen LogP contribution in [0.1, 0.15) is 12.8 Å². The van der Waals surface area contributed by atoms with Crippen LogP contribution in [0.3, 0.4) is 0 Å². The number of sulfonamides is 1. The van der Waals surface area contributed by atoms with Gasteiger partial charge in [-0.3, -0.25) is 0 Å². The molecule has 0 aliphatic carbocycles. The van der Waals surface area contributed by atoms with Gasteiger partial charge in [0, 0.05) is 49.4 Å². The smallest absolute Gasteiger partial charge is 0.243 e. The highest BCUT2D eigenvalue weighted by Crippen LogP contribution is 2.31. The Labute approximate surface area is 170 Å². The van der Waals surface area contributed by atoms with Gasteiger partial charge >= 0.3 is 0 Å². The maximum Gasteiger partial charge on any atom is 0.243 e. The van der Waals surface area contributed by atoms with Gasteiger partial charge in [-0.15, -0.1) is 11.3 Å². The quantitative estimate of drug-likeness (QED) is 0.625. The summed E-state index contributed by atoms with van der Waals surface area (Å²) in [6.45, 7) is 1.23. The first-order chi connectivity index (χ1) is 13.4. The Morgan fingerprint density at radius 2 is 1.54 bits per heavy atom. The highest BCUT2D eigenvalue weighted by atomic mass is 32.2. The molecule has 2 heterocycles. The maximum atomic E-state index is 12.7. The van der Waals surface area contributed by atoms with Crippen molar-refractivity contribution in [1.29, 1.82) is 0 Å². The summed E-state index contributed by atoms with van der Waals surface area (Å²) in [4.78, 5) is 7.16. The van der Waals surface area contributed by atoms with Crippen LogP contribution in [0, 0.1) is 0 Å². The van der Waals surface area contributed by atoms with E-state index in [1.807, 2.05) is 31.6 Å². The lowest BCUT2D eigenvalue weighted by Crippen LogP contribution is -2.27. The number of benzene rings is 2. The van der Waals surface area contributed by atoms with E-state index in [2.05, 4.69) is 29.2 Å². The van der Waals surface area contributed by atoms with Crippen LogP contribution >= 0.6 is 11.3 Å². The van der Waals surface area contributed by atoms with Crippen molar-refractivity contribution in [1.82, 2.24) is 9.29 Å². The number of anilines is 1. The highest BCUT2D eigenvalue weighted by Gasteiger charge is 2.27. The number of thiazole rings is 1. The predicted molar refractivity (Wildman–Crippen MR) is 115 cm³/mol. The summed E-state index contributed by atoms with van der Waals surface area (Å²) in [7, 11) is 0.661. The van der Waals surface area contributed by atoms with E-state index in [1.54, 1.807) is 27.8 Å². The molecule has 0 unspecified atom stereocenters. The van der Waals surface area contributed by atoms with Gasteiger partial charge in [0.2, 0.25) is 10.0 Å². The number of rotatable bonds is 5. The fourth-order valence-electron chi connectivity index (χ4n) is 3.32. The minimum Gasteiger partial charge on any atom is -0.378 e. The van der Waals surface area contributed by atoms with E-state index in [4.69, 9.17) is 4.98 Å². The molecule has 7 heteroatoms. The summed E-state index contributed by atoms with van der Waals surface area (Å²) in [6.07, 6.45) is 1.88. The van der Waals surface area contributed by atoms with Gasteiger partial charge in [-0.2, -0.15) is 4.31 Å². The van der Waals surface area contributed by atoms with Crippen LogP contribution in [0.2, 0.25) is 0 Å². The zero-order valence-corrected chi connectivity index (χ0v) is 17.6. The number of aromatic nitrogens is 1. The van der Waals surface area contributed by atoms with Crippen LogP contribution < -0.4 is 4.90 Å². The SMILES string of the molecule is CN(C)c1ccc(-c2nc(-c3ccc(S(=O)(=O)N4CCCC4)cc3)cs2)cc1. The van der Waals surface area contributed by atoms with E-state index < -0.39 is 10.0 Å². The lowest BCUT2D eigenvalue weighted by atomic mass is 10.2. The van der Waals surface area contributed by atoms with Crippen LogP contribution in [0.25, 0.3) is 21.8 Å². The first kappa shape index (κ1) is 19.1. The molecule has 1 aliphatic rings. The van der Waals surface area contributed by atoms with Gasteiger partial charge in [0.05, 0.1) is 10.6 Å².